The van der Waals surface area contributed by atoms with Crippen molar-refractivity contribution in [2.75, 3.05) is 0 Å². The van der Waals surface area contributed by atoms with Gasteiger partial charge in [0.05, 0.1) is 0 Å². The number of allylic oxidation sites excluding steroid dienone is 4. The van der Waals surface area contributed by atoms with Crippen molar-refractivity contribution in [2.24, 2.45) is 5.92 Å². The Morgan fingerprint density at radius 2 is 1.88 bits per heavy atom. The minimum atomic E-state index is 0.639. The molecule has 1 aliphatic carbocycles. The molecular formula is C7H8Te. The van der Waals surface area contributed by atoms with Crippen molar-refractivity contribution >= 4 is 25.4 Å². The Kier molecular flexibility index (Phi) is 2.05. The molecule has 42 valence electrons. The number of rotatable bonds is 0. The summed E-state index contributed by atoms with van der Waals surface area (Å²) in [5, 5.41) is 0. The molecule has 1 aliphatic rings. The quantitative estimate of drug-likeness (QED) is 0.535. The normalized spacial score (nSPS) is 19.9. The van der Waals surface area contributed by atoms with Crippen LogP contribution in [0.25, 0.3) is 0 Å². The zero-order chi connectivity index (χ0) is 5.98. The SMILES string of the molecule is CC1C=CC(=[Te])C=C1. The van der Waals surface area contributed by atoms with Crippen LogP contribution in [0, 0.1) is 5.92 Å². The van der Waals surface area contributed by atoms with Crippen molar-refractivity contribution in [1.29, 1.82) is 0 Å². The fraction of sp³-hybridized carbons (Fsp3) is 0.286. The summed E-state index contributed by atoms with van der Waals surface area (Å²) in [5.74, 6) is 0.639. The predicted molar refractivity (Wildman–Crippen MR) is 38.2 cm³/mol. The molecule has 0 saturated heterocycles. The van der Waals surface area contributed by atoms with Gasteiger partial charge in [-0.25, -0.2) is 0 Å². The van der Waals surface area contributed by atoms with Crippen LogP contribution in [0.2, 0.25) is 0 Å². The Morgan fingerprint density at radius 3 is 2.25 bits per heavy atom. The minimum absolute atomic E-state index is 0.639. The third-order valence-corrected chi connectivity index (χ3v) is 1.90. The molecule has 0 aromatic carbocycles. The van der Waals surface area contributed by atoms with Gasteiger partial charge in [0.25, 0.3) is 0 Å². The molecule has 0 fully saturated rings. The van der Waals surface area contributed by atoms with E-state index in [4.69, 9.17) is 0 Å². The zero-order valence-corrected chi connectivity index (χ0v) is 7.13. The first-order chi connectivity index (χ1) is 3.79. The Labute approximate surface area is 62.7 Å². The van der Waals surface area contributed by atoms with E-state index in [0.29, 0.717) is 5.92 Å². The summed E-state index contributed by atoms with van der Waals surface area (Å²) in [4.78, 5) is 0. The second-order valence-electron chi connectivity index (χ2n) is 1.98. The summed E-state index contributed by atoms with van der Waals surface area (Å²) < 4.78 is 1.36. The molecule has 0 heterocycles. The Bertz CT molecular complexity index is 138. The van der Waals surface area contributed by atoms with Gasteiger partial charge in [-0.3, -0.25) is 0 Å². The second kappa shape index (κ2) is 2.62. The summed E-state index contributed by atoms with van der Waals surface area (Å²) in [5.41, 5.74) is 0. The maximum atomic E-state index is 2.21. The summed E-state index contributed by atoms with van der Waals surface area (Å²) >= 11 is 2.04. The van der Waals surface area contributed by atoms with Gasteiger partial charge in [-0.1, -0.05) is 0 Å². The van der Waals surface area contributed by atoms with E-state index >= 15 is 0 Å². The van der Waals surface area contributed by atoms with Crippen molar-refractivity contribution in [3.05, 3.63) is 24.3 Å². The van der Waals surface area contributed by atoms with Gasteiger partial charge in [-0.05, 0) is 0 Å². The van der Waals surface area contributed by atoms with Gasteiger partial charge in [0, 0.05) is 0 Å². The van der Waals surface area contributed by atoms with Crippen molar-refractivity contribution in [3.8, 4) is 0 Å². The average Bonchev–Trinajstić information content (AvgIpc) is 1.77. The van der Waals surface area contributed by atoms with Crippen LogP contribution in [0.5, 0.6) is 0 Å². The molecule has 0 spiro atoms. The van der Waals surface area contributed by atoms with Crippen LogP contribution in [-0.4, -0.2) is 25.4 Å². The van der Waals surface area contributed by atoms with E-state index in [2.05, 4.69) is 31.2 Å². The third-order valence-electron chi connectivity index (χ3n) is 1.13. The monoisotopic (exact) mass is 222 g/mol. The molecule has 0 amide bonds. The fourth-order valence-electron chi connectivity index (χ4n) is 0.613. The van der Waals surface area contributed by atoms with Gasteiger partial charge in [-0.2, -0.15) is 0 Å². The number of hydrogen-bond acceptors (Lipinski definition) is 0. The van der Waals surface area contributed by atoms with Crippen LogP contribution in [0.3, 0.4) is 0 Å². The van der Waals surface area contributed by atoms with Gasteiger partial charge >= 0.3 is 62.5 Å². The summed E-state index contributed by atoms with van der Waals surface area (Å²) in [7, 11) is 0. The standard InChI is InChI=1S/C7H8Te/c1-6-2-4-7(8)5-3-6/h2-6H,1H3. The Balaban J connectivity index is 2.68. The van der Waals surface area contributed by atoms with E-state index in [1.54, 1.807) is 0 Å². The molecular weight excluding hydrogens is 212 g/mol. The van der Waals surface area contributed by atoms with Crippen molar-refractivity contribution in [2.45, 2.75) is 6.92 Å². The molecule has 0 N–H and O–H groups in total. The van der Waals surface area contributed by atoms with E-state index in [9.17, 15) is 0 Å². The summed E-state index contributed by atoms with van der Waals surface area (Å²) in [6, 6.07) is 0. The predicted octanol–water partition coefficient (Wildman–Crippen LogP) is 1.09. The van der Waals surface area contributed by atoms with Gasteiger partial charge in [-0.15, -0.1) is 0 Å². The van der Waals surface area contributed by atoms with Gasteiger partial charge in [0.1, 0.15) is 0 Å². The molecule has 0 nitrogen and oxygen atoms in total. The summed E-state index contributed by atoms with van der Waals surface area (Å²) in [6.45, 7) is 2.18. The molecule has 0 radical (unpaired) electrons. The third kappa shape index (κ3) is 1.58. The molecule has 8 heavy (non-hydrogen) atoms. The molecule has 0 atom stereocenters. The topological polar surface area (TPSA) is 0 Å². The van der Waals surface area contributed by atoms with E-state index in [1.807, 2.05) is 21.8 Å². The molecule has 0 unspecified atom stereocenters. The van der Waals surface area contributed by atoms with Crippen LogP contribution in [0.1, 0.15) is 6.92 Å². The molecule has 0 saturated carbocycles. The van der Waals surface area contributed by atoms with E-state index in [-0.39, 0.29) is 0 Å². The van der Waals surface area contributed by atoms with Crippen LogP contribution < -0.4 is 0 Å². The molecule has 0 aromatic heterocycles. The zero-order valence-electron chi connectivity index (χ0n) is 4.79. The van der Waals surface area contributed by atoms with Crippen LogP contribution in [0.15, 0.2) is 24.3 Å². The van der Waals surface area contributed by atoms with Gasteiger partial charge in [0.2, 0.25) is 0 Å². The first kappa shape index (κ1) is 6.26. The first-order valence-corrected chi connectivity index (χ1v) is 3.86. The maximum absolute atomic E-state index is 2.21. The molecule has 0 aromatic rings. The van der Waals surface area contributed by atoms with Crippen molar-refractivity contribution < 1.29 is 0 Å². The molecule has 1 rings (SSSR count). The Morgan fingerprint density at radius 1 is 1.38 bits per heavy atom. The summed E-state index contributed by atoms with van der Waals surface area (Å²) in [6.07, 6.45) is 8.74. The fourth-order valence-corrected chi connectivity index (χ4v) is 1.06. The van der Waals surface area contributed by atoms with E-state index < -0.39 is 0 Å². The Hall–Kier alpha value is 0.140. The van der Waals surface area contributed by atoms with Crippen LogP contribution in [0.4, 0.5) is 0 Å². The van der Waals surface area contributed by atoms with E-state index in [1.165, 1.54) is 3.55 Å². The first-order valence-electron chi connectivity index (χ1n) is 2.69. The van der Waals surface area contributed by atoms with E-state index in [0.717, 1.165) is 0 Å². The van der Waals surface area contributed by atoms with Crippen LogP contribution >= 0.6 is 0 Å². The van der Waals surface area contributed by atoms with Gasteiger partial charge in [0.15, 0.2) is 0 Å². The molecule has 0 aliphatic heterocycles. The van der Waals surface area contributed by atoms with Gasteiger partial charge < -0.3 is 0 Å². The second-order valence-corrected chi connectivity index (χ2v) is 3.33. The van der Waals surface area contributed by atoms with Crippen molar-refractivity contribution in [1.82, 2.24) is 0 Å². The average molecular weight is 220 g/mol. The molecule has 0 bridgehead atoms. The molecule has 1 heteroatoms. The van der Waals surface area contributed by atoms with Crippen molar-refractivity contribution in [3.63, 3.8) is 0 Å². The number of hydrogen-bond donors (Lipinski definition) is 0. The van der Waals surface area contributed by atoms with Crippen LogP contribution in [-0.2, 0) is 0 Å².